The summed E-state index contributed by atoms with van der Waals surface area (Å²) in [6.45, 7) is 1.79. The third-order valence-electron chi connectivity index (χ3n) is 3.37. The van der Waals surface area contributed by atoms with Crippen LogP contribution in [0.2, 0.25) is 0 Å². The first-order valence-electron chi connectivity index (χ1n) is 6.50. The number of benzene rings is 1. The highest BCUT2D eigenvalue weighted by molar-refractivity contribution is 5.64. The van der Waals surface area contributed by atoms with Crippen LogP contribution in [0, 0.1) is 10.1 Å². The number of nitrogens with one attached hydrogen (secondary N) is 2. The first-order valence-corrected chi connectivity index (χ1v) is 6.50. The van der Waals surface area contributed by atoms with Gasteiger partial charge in [0.05, 0.1) is 12.0 Å². The highest BCUT2D eigenvalue weighted by Crippen LogP contribution is 2.28. The van der Waals surface area contributed by atoms with Crippen molar-refractivity contribution in [3.05, 3.63) is 28.3 Å². The summed E-state index contributed by atoms with van der Waals surface area (Å²) < 4.78 is 5.09. The van der Waals surface area contributed by atoms with Crippen LogP contribution in [0.15, 0.2) is 18.2 Å². The maximum absolute atomic E-state index is 11.0. The number of hydrogen-bond acceptors (Lipinski definition) is 5. The van der Waals surface area contributed by atoms with Gasteiger partial charge < -0.3 is 15.4 Å². The standard InChI is InChI=1S/C13H19N3O3/c1-19-11-4-5-13(16(17)18)12(9-11)15-8-6-10-3-2-7-14-10/h4-5,9-10,14-15H,2-3,6-8H2,1H3/t10-/m0/s1. The van der Waals surface area contributed by atoms with Gasteiger partial charge in [0, 0.05) is 24.7 Å². The monoisotopic (exact) mass is 265 g/mol. The van der Waals surface area contributed by atoms with Crippen LogP contribution in [0.5, 0.6) is 5.75 Å². The average Bonchev–Trinajstić information content (AvgIpc) is 2.91. The van der Waals surface area contributed by atoms with Crippen molar-refractivity contribution in [1.82, 2.24) is 5.32 Å². The molecule has 1 fully saturated rings. The number of ether oxygens (including phenoxy) is 1. The molecule has 0 aliphatic carbocycles. The second-order valence-corrected chi connectivity index (χ2v) is 4.65. The molecule has 0 saturated carbocycles. The molecule has 0 aromatic heterocycles. The fourth-order valence-electron chi connectivity index (χ4n) is 2.33. The fraction of sp³-hybridized carbons (Fsp3) is 0.538. The fourth-order valence-corrected chi connectivity index (χ4v) is 2.33. The van der Waals surface area contributed by atoms with Gasteiger partial charge in [-0.2, -0.15) is 0 Å². The summed E-state index contributed by atoms with van der Waals surface area (Å²) in [4.78, 5) is 10.6. The van der Waals surface area contributed by atoms with Gasteiger partial charge in [0.1, 0.15) is 11.4 Å². The second kappa shape index (κ2) is 6.38. The highest BCUT2D eigenvalue weighted by Gasteiger charge is 2.16. The Hall–Kier alpha value is -1.82. The van der Waals surface area contributed by atoms with Crippen molar-refractivity contribution in [2.24, 2.45) is 0 Å². The van der Waals surface area contributed by atoms with Gasteiger partial charge in [-0.1, -0.05) is 0 Å². The first-order chi connectivity index (χ1) is 9.20. The van der Waals surface area contributed by atoms with E-state index in [1.54, 1.807) is 19.2 Å². The van der Waals surface area contributed by atoms with Gasteiger partial charge in [-0.3, -0.25) is 10.1 Å². The van der Waals surface area contributed by atoms with Crippen LogP contribution in [0.3, 0.4) is 0 Å². The molecule has 0 spiro atoms. The van der Waals surface area contributed by atoms with Gasteiger partial charge in [-0.25, -0.2) is 0 Å². The lowest BCUT2D eigenvalue weighted by atomic mass is 10.1. The molecular formula is C13H19N3O3. The number of rotatable bonds is 6. The van der Waals surface area contributed by atoms with Gasteiger partial charge in [0.25, 0.3) is 5.69 Å². The summed E-state index contributed by atoms with van der Waals surface area (Å²) in [6.07, 6.45) is 3.36. The molecule has 1 saturated heterocycles. The molecular weight excluding hydrogens is 246 g/mol. The number of nitro benzene ring substituents is 1. The third kappa shape index (κ3) is 3.57. The average molecular weight is 265 g/mol. The van der Waals surface area contributed by atoms with E-state index in [-0.39, 0.29) is 10.6 Å². The predicted octanol–water partition coefficient (Wildman–Crippen LogP) is 2.16. The smallest absolute Gasteiger partial charge is 0.292 e. The van der Waals surface area contributed by atoms with E-state index in [2.05, 4.69) is 10.6 Å². The molecule has 6 heteroatoms. The van der Waals surface area contributed by atoms with E-state index in [9.17, 15) is 10.1 Å². The van der Waals surface area contributed by atoms with Crippen molar-refractivity contribution in [2.45, 2.75) is 25.3 Å². The minimum Gasteiger partial charge on any atom is -0.497 e. The molecule has 2 N–H and O–H groups in total. The molecule has 1 aromatic rings. The molecule has 104 valence electrons. The molecule has 6 nitrogen and oxygen atoms in total. The Labute approximate surface area is 112 Å². The third-order valence-corrected chi connectivity index (χ3v) is 3.37. The summed E-state index contributed by atoms with van der Waals surface area (Å²) in [5.41, 5.74) is 0.600. The summed E-state index contributed by atoms with van der Waals surface area (Å²) >= 11 is 0. The van der Waals surface area contributed by atoms with Crippen LogP contribution >= 0.6 is 0 Å². The molecule has 1 atom stereocenters. The van der Waals surface area contributed by atoms with Crippen LogP contribution in [0.25, 0.3) is 0 Å². The van der Waals surface area contributed by atoms with Crippen LogP contribution in [0.1, 0.15) is 19.3 Å². The Morgan fingerprint density at radius 1 is 1.58 bits per heavy atom. The van der Waals surface area contributed by atoms with Crippen LogP contribution in [-0.2, 0) is 0 Å². The summed E-state index contributed by atoms with van der Waals surface area (Å²) in [6, 6.07) is 5.26. The zero-order chi connectivity index (χ0) is 13.7. The Balaban J connectivity index is 1.98. The molecule has 1 heterocycles. The van der Waals surface area contributed by atoms with Crippen LogP contribution < -0.4 is 15.4 Å². The Morgan fingerprint density at radius 2 is 2.42 bits per heavy atom. The van der Waals surface area contributed by atoms with Crippen LogP contribution in [-0.4, -0.2) is 31.2 Å². The van der Waals surface area contributed by atoms with E-state index in [1.807, 2.05) is 0 Å². The van der Waals surface area contributed by atoms with Gasteiger partial charge >= 0.3 is 0 Å². The van der Waals surface area contributed by atoms with Crippen molar-refractivity contribution >= 4 is 11.4 Å². The van der Waals surface area contributed by atoms with Crippen molar-refractivity contribution in [2.75, 3.05) is 25.5 Å². The van der Waals surface area contributed by atoms with Crippen molar-refractivity contribution < 1.29 is 9.66 Å². The Morgan fingerprint density at radius 3 is 3.05 bits per heavy atom. The number of nitrogens with zero attached hydrogens (tertiary/aromatic N) is 1. The summed E-state index contributed by atoms with van der Waals surface area (Å²) in [5, 5.41) is 17.5. The SMILES string of the molecule is COc1ccc([N+](=O)[O-])c(NCC[C@@H]2CCCN2)c1. The lowest BCUT2D eigenvalue weighted by molar-refractivity contribution is -0.384. The van der Waals surface area contributed by atoms with E-state index in [1.165, 1.54) is 18.9 Å². The molecule has 2 rings (SSSR count). The number of anilines is 1. The number of methoxy groups -OCH3 is 1. The molecule has 19 heavy (non-hydrogen) atoms. The van der Waals surface area contributed by atoms with E-state index >= 15 is 0 Å². The van der Waals surface area contributed by atoms with Crippen LogP contribution in [0.4, 0.5) is 11.4 Å². The normalized spacial score (nSPS) is 18.3. The van der Waals surface area contributed by atoms with E-state index in [0.717, 1.165) is 13.0 Å². The van der Waals surface area contributed by atoms with Crippen molar-refractivity contribution in [3.63, 3.8) is 0 Å². The minimum absolute atomic E-state index is 0.0835. The molecule has 1 aliphatic heterocycles. The molecule has 0 radical (unpaired) electrons. The highest BCUT2D eigenvalue weighted by atomic mass is 16.6. The van der Waals surface area contributed by atoms with Gasteiger partial charge in [-0.15, -0.1) is 0 Å². The molecule has 0 bridgehead atoms. The van der Waals surface area contributed by atoms with Gasteiger partial charge in [0.2, 0.25) is 0 Å². The predicted molar refractivity (Wildman–Crippen MR) is 73.8 cm³/mol. The van der Waals surface area contributed by atoms with E-state index in [0.29, 0.717) is 24.0 Å². The minimum atomic E-state index is -0.379. The maximum Gasteiger partial charge on any atom is 0.292 e. The van der Waals surface area contributed by atoms with Crippen molar-refractivity contribution in [3.8, 4) is 5.75 Å². The van der Waals surface area contributed by atoms with Gasteiger partial charge in [-0.05, 0) is 31.9 Å². The van der Waals surface area contributed by atoms with Gasteiger partial charge in [0.15, 0.2) is 0 Å². The second-order valence-electron chi connectivity index (χ2n) is 4.65. The zero-order valence-electron chi connectivity index (χ0n) is 11.0. The molecule has 1 aromatic carbocycles. The number of nitro groups is 1. The van der Waals surface area contributed by atoms with E-state index in [4.69, 9.17) is 4.74 Å². The Kier molecular flexibility index (Phi) is 4.57. The van der Waals surface area contributed by atoms with Crippen molar-refractivity contribution in [1.29, 1.82) is 0 Å². The quantitative estimate of drug-likeness (QED) is 0.609. The first kappa shape index (κ1) is 13.6. The number of hydrogen-bond donors (Lipinski definition) is 2. The topological polar surface area (TPSA) is 76.4 Å². The lowest BCUT2D eigenvalue weighted by Gasteiger charge is -2.12. The maximum atomic E-state index is 11.0. The summed E-state index contributed by atoms with van der Waals surface area (Å²) in [7, 11) is 1.55. The largest absolute Gasteiger partial charge is 0.497 e. The Bertz CT molecular complexity index is 445. The molecule has 0 amide bonds. The summed E-state index contributed by atoms with van der Waals surface area (Å²) in [5.74, 6) is 0.618. The lowest BCUT2D eigenvalue weighted by Crippen LogP contribution is -2.24. The van der Waals surface area contributed by atoms with E-state index < -0.39 is 0 Å². The molecule has 0 unspecified atom stereocenters. The zero-order valence-corrected chi connectivity index (χ0v) is 11.0. The molecule has 1 aliphatic rings.